The quantitative estimate of drug-likeness (QED) is 0.265. The highest BCUT2D eigenvalue weighted by Crippen LogP contribution is 2.39. The topological polar surface area (TPSA) is 100 Å². The van der Waals surface area contributed by atoms with E-state index in [2.05, 4.69) is 51.3 Å². The Morgan fingerprint density at radius 1 is 1.04 bits per heavy atom. The summed E-state index contributed by atoms with van der Waals surface area (Å²) in [5.41, 5.74) is 5.91. The van der Waals surface area contributed by atoms with Crippen molar-refractivity contribution in [2.45, 2.75) is 25.5 Å². The van der Waals surface area contributed by atoms with E-state index in [1.54, 1.807) is 27.2 Å². The molecule has 2 aromatic carbocycles. The first-order valence-corrected chi connectivity index (χ1v) is 16.9. The number of halogens is 1. The Morgan fingerprint density at radius 3 is 2.74 bits per heavy atom. The molecule has 7 rings (SSSR count). The van der Waals surface area contributed by atoms with E-state index in [1.165, 1.54) is 29.3 Å². The predicted molar refractivity (Wildman–Crippen MR) is 181 cm³/mol. The van der Waals surface area contributed by atoms with Gasteiger partial charge in [0.2, 0.25) is 5.91 Å². The molecule has 0 aliphatic carbocycles. The van der Waals surface area contributed by atoms with Crippen molar-refractivity contribution in [1.29, 1.82) is 0 Å². The lowest BCUT2D eigenvalue weighted by molar-refractivity contribution is -0.125. The lowest BCUT2D eigenvalue weighted by atomic mass is 9.96. The van der Waals surface area contributed by atoms with Crippen LogP contribution in [0.25, 0.3) is 32.6 Å². The minimum absolute atomic E-state index is 0. The summed E-state index contributed by atoms with van der Waals surface area (Å²) in [6, 6.07) is 13.1. The molecule has 246 valence electrons. The van der Waals surface area contributed by atoms with Gasteiger partial charge in [-0.2, -0.15) is 0 Å². The van der Waals surface area contributed by atoms with E-state index in [0.717, 1.165) is 40.9 Å². The summed E-state index contributed by atoms with van der Waals surface area (Å²) in [5, 5.41) is 15.8. The second-order valence-corrected chi connectivity index (χ2v) is 13.0. The maximum atomic E-state index is 14.5. The lowest BCUT2D eigenvalue weighted by Crippen LogP contribution is -2.50. The van der Waals surface area contributed by atoms with Crippen molar-refractivity contribution >= 4 is 33.4 Å². The molecule has 47 heavy (non-hydrogen) atoms. The van der Waals surface area contributed by atoms with Crippen LogP contribution < -0.4 is 10.1 Å². The molecule has 2 saturated heterocycles. The van der Waals surface area contributed by atoms with Crippen LogP contribution in [-0.4, -0.2) is 102 Å². The van der Waals surface area contributed by atoms with Gasteiger partial charge in [-0.25, -0.2) is 9.18 Å². The fraction of sp³-hybridized carbons (Fsp3) is 0.371. The molecule has 1 N–H and O–H groups in total. The number of benzene rings is 2. The number of likely N-dealkylation sites (tertiary alicyclic amines) is 1. The smallest absolute Gasteiger partial charge is 0.410 e. The highest BCUT2D eigenvalue weighted by atomic mass is 32.1. The van der Waals surface area contributed by atoms with Crippen molar-refractivity contribution in [2.24, 2.45) is 0 Å². The molecular formula is C35H39FN6O4S. The minimum atomic E-state index is -0.384. The number of rotatable bonds is 8. The molecule has 2 amide bonds. The van der Waals surface area contributed by atoms with E-state index in [4.69, 9.17) is 9.47 Å². The summed E-state index contributed by atoms with van der Waals surface area (Å²) in [6.45, 7) is 9.70. The van der Waals surface area contributed by atoms with Gasteiger partial charge < -0.3 is 24.6 Å². The second kappa shape index (κ2) is 13.8. The highest BCUT2D eigenvalue weighted by Gasteiger charge is 2.30. The number of carbonyl (C=O) groups is 2. The summed E-state index contributed by atoms with van der Waals surface area (Å²) in [6.07, 6.45) is 2.26. The summed E-state index contributed by atoms with van der Waals surface area (Å²) in [5.74, 6) is -0.106. The van der Waals surface area contributed by atoms with E-state index in [0.29, 0.717) is 75.8 Å². The van der Waals surface area contributed by atoms with Gasteiger partial charge in [0, 0.05) is 76.2 Å². The molecule has 3 aliphatic heterocycles. The number of piperazine rings is 1. The zero-order chi connectivity index (χ0) is 32.3. The van der Waals surface area contributed by atoms with Crippen molar-refractivity contribution in [3.8, 4) is 28.3 Å². The van der Waals surface area contributed by atoms with Gasteiger partial charge in [0.25, 0.3) is 0 Å². The van der Waals surface area contributed by atoms with Gasteiger partial charge in [-0.05, 0) is 59.8 Å². The molecule has 0 bridgehead atoms. The first-order valence-electron chi connectivity index (χ1n) is 16.1. The fourth-order valence-corrected chi connectivity index (χ4v) is 7.41. The average molecular weight is 659 g/mol. The fourth-order valence-electron chi connectivity index (χ4n) is 6.51. The molecule has 2 aromatic heterocycles. The van der Waals surface area contributed by atoms with Gasteiger partial charge in [-0.15, -0.1) is 21.5 Å². The number of carbonyl (C=O) groups excluding carboxylic acids is 2. The molecule has 3 aliphatic rings. The third kappa shape index (κ3) is 6.71. The van der Waals surface area contributed by atoms with E-state index in [9.17, 15) is 14.0 Å². The summed E-state index contributed by atoms with van der Waals surface area (Å²) in [4.78, 5) is 30.1. The molecule has 1 unspecified atom stereocenters. The van der Waals surface area contributed by atoms with Crippen molar-refractivity contribution in [2.75, 3.05) is 59.0 Å². The van der Waals surface area contributed by atoms with Gasteiger partial charge in [-0.3, -0.25) is 9.69 Å². The van der Waals surface area contributed by atoms with Crippen molar-refractivity contribution in [1.82, 2.24) is 30.2 Å². The Morgan fingerprint density at radius 2 is 1.89 bits per heavy atom. The maximum absolute atomic E-state index is 14.5. The zero-order valence-electron chi connectivity index (χ0n) is 26.1. The molecular weight excluding hydrogens is 619 g/mol. The number of ether oxygens (including phenoxy) is 2. The van der Waals surface area contributed by atoms with Crippen LogP contribution >= 0.6 is 11.3 Å². The number of nitrogens with zero attached hydrogens (tertiary/aromatic N) is 5. The largest absolute Gasteiger partial charge is 0.491 e. The van der Waals surface area contributed by atoms with Crippen LogP contribution in [0.3, 0.4) is 0 Å². The Kier molecular flexibility index (Phi) is 9.14. The third-order valence-corrected chi connectivity index (χ3v) is 10.1. The number of thiophene rings is 1. The number of hydrogen-bond acceptors (Lipinski definition) is 9. The summed E-state index contributed by atoms with van der Waals surface area (Å²) >= 11 is 1.59. The number of fused-ring (bicyclic) bond motifs is 2. The standard InChI is InChI=1S/C35H37FN6O4S.H2/c1-2-31(43)42-11-8-27(22-42)46-35(44)41-14-12-40(13-15-41)16-17-45-30-20-26(36)5-6-28(30)33-34-29(9-18-47-34)32(38-39-33)24-3-4-25-21-37-10-7-23(25)19-24;/h2-6,9,18-20,27,37H,1,7-8,10-17,21-22H2;1H. The van der Waals surface area contributed by atoms with Crippen LogP contribution in [-0.2, 0) is 22.5 Å². The molecule has 0 radical (unpaired) electrons. The summed E-state index contributed by atoms with van der Waals surface area (Å²) < 4.78 is 27.3. The van der Waals surface area contributed by atoms with Gasteiger partial charge in [0.1, 0.15) is 35.7 Å². The molecule has 1 atom stereocenters. The van der Waals surface area contributed by atoms with Crippen molar-refractivity contribution in [3.63, 3.8) is 0 Å². The molecule has 5 heterocycles. The Balaban J connectivity index is 0.00000401. The van der Waals surface area contributed by atoms with E-state index >= 15 is 0 Å². The first kappa shape index (κ1) is 31.2. The van der Waals surface area contributed by atoms with Gasteiger partial charge >= 0.3 is 6.09 Å². The van der Waals surface area contributed by atoms with Crippen LogP contribution in [0.2, 0.25) is 0 Å². The predicted octanol–water partition coefficient (Wildman–Crippen LogP) is 4.98. The van der Waals surface area contributed by atoms with E-state index in [1.807, 2.05) is 5.38 Å². The molecule has 12 heteroatoms. The number of nitrogens with one attached hydrogen (secondary N) is 1. The Labute approximate surface area is 278 Å². The normalized spacial score (nSPS) is 18.3. The number of hydrogen-bond donors (Lipinski definition) is 1. The lowest BCUT2D eigenvalue weighted by Gasteiger charge is -2.34. The number of aromatic nitrogens is 2. The highest BCUT2D eigenvalue weighted by molar-refractivity contribution is 7.17. The monoisotopic (exact) mass is 658 g/mol. The average Bonchev–Trinajstić information content (AvgIpc) is 3.79. The van der Waals surface area contributed by atoms with E-state index in [-0.39, 0.29) is 25.3 Å². The Bertz CT molecular complexity index is 1810. The van der Waals surface area contributed by atoms with Crippen LogP contribution in [0.5, 0.6) is 5.75 Å². The molecule has 0 spiro atoms. The Hall–Kier alpha value is -4.39. The molecule has 2 fully saturated rings. The van der Waals surface area contributed by atoms with Gasteiger partial charge in [-0.1, -0.05) is 18.7 Å². The van der Waals surface area contributed by atoms with Crippen LogP contribution in [0.1, 0.15) is 19.0 Å². The van der Waals surface area contributed by atoms with E-state index < -0.39 is 0 Å². The molecule has 4 aromatic rings. The summed E-state index contributed by atoms with van der Waals surface area (Å²) in [7, 11) is 0. The second-order valence-electron chi connectivity index (χ2n) is 12.1. The van der Waals surface area contributed by atoms with Gasteiger partial charge in [0.15, 0.2) is 0 Å². The van der Waals surface area contributed by atoms with Crippen LogP contribution in [0.15, 0.2) is 60.5 Å². The van der Waals surface area contributed by atoms with Crippen LogP contribution in [0.4, 0.5) is 9.18 Å². The van der Waals surface area contributed by atoms with Crippen LogP contribution in [0, 0.1) is 5.82 Å². The molecule has 0 saturated carbocycles. The van der Waals surface area contributed by atoms with Gasteiger partial charge in [0.05, 0.1) is 11.2 Å². The SMILES string of the molecule is C=CC(=O)N1CCC(OC(=O)N2CCN(CCOc3cc(F)ccc3-c3nnc(-c4ccc5c(c4)CCNC5)c4ccsc34)CC2)C1.[HH]. The maximum Gasteiger partial charge on any atom is 0.410 e. The third-order valence-electron chi connectivity index (χ3n) is 9.14. The zero-order valence-corrected chi connectivity index (χ0v) is 26.9. The first-order chi connectivity index (χ1) is 23.0. The number of amides is 2. The van der Waals surface area contributed by atoms with Crippen molar-refractivity contribution in [3.05, 3.63) is 77.4 Å². The molecule has 10 nitrogen and oxygen atoms in total. The van der Waals surface area contributed by atoms with Crippen molar-refractivity contribution < 1.29 is 24.9 Å². The minimum Gasteiger partial charge on any atom is -0.491 e.